The van der Waals surface area contributed by atoms with Gasteiger partial charge in [0.25, 0.3) is 0 Å². The summed E-state index contributed by atoms with van der Waals surface area (Å²) in [6.45, 7) is 4.90. The first-order valence-electron chi connectivity index (χ1n) is 7.03. The lowest BCUT2D eigenvalue weighted by Crippen LogP contribution is -2.32. The van der Waals surface area contributed by atoms with Crippen LogP contribution in [0.1, 0.15) is 26.7 Å². The molecule has 5 nitrogen and oxygen atoms in total. The van der Waals surface area contributed by atoms with Gasteiger partial charge in [-0.25, -0.2) is 13.2 Å². The van der Waals surface area contributed by atoms with E-state index in [2.05, 4.69) is 0 Å². The van der Waals surface area contributed by atoms with Crippen LogP contribution in [0.4, 0.5) is 0 Å². The van der Waals surface area contributed by atoms with Crippen molar-refractivity contribution in [2.24, 2.45) is 0 Å². The first-order chi connectivity index (χ1) is 9.98. The van der Waals surface area contributed by atoms with Crippen LogP contribution in [0, 0.1) is 0 Å². The van der Waals surface area contributed by atoms with E-state index in [9.17, 15) is 13.2 Å². The summed E-state index contributed by atoms with van der Waals surface area (Å²) < 4.78 is 31.8. The molecule has 1 aromatic heterocycles. The van der Waals surface area contributed by atoms with Gasteiger partial charge in [-0.1, -0.05) is 13.8 Å². The molecule has 0 spiro atoms. The number of hydrogen-bond donors (Lipinski definition) is 0. The van der Waals surface area contributed by atoms with E-state index in [1.807, 2.05) is 13.8 Å². The first kappa shape index (κ1) is 15.7. The first-order valence-corrected chi connectivity index (χ1v) is 8.47. The molecular weight excluding hydrogens is 290 g/mol. The minimum Gasteiger partial charge on any atom is -0.423 e. The molecular formula is C15H19NO4S. The second-order valence-corrected chi connectivity index (χ2v) is 6.80. The van der Waals surface area contributed by atoms with Gasteiger partial charge in [-0.15, -0.1) is 0 Å². The molecule has 0 bridgehead atoms. The van der Waals surface area contributed by atoms with Crippen LogP contribution in [-0.4, -0.2) is 25.8 Å². The summed E-state index contributed by atoms with van der Waals surface area (Å²) in [6, 6.07) is 7.42. The van der Waals surface area contributed by atoms with Crippen LogP contribution in [0.3, 0.4) is 0 Å². The van der Waals surface area contributed by atoms with Gasteiger partial charge in [0, 0.05) is 24.5 Å². The van der Waals surface area contributed by atoms with Crippen molar-refractivity contribution in [2.45, 2.75) is 31.6 Å². The Morgan fingerprint density at radius 2 is 1.71 bits per heavy atom. The standard InChI is InChI=1S/C15H19NO4S/c1-3-9-16(10-4-2)21(18,19)13-6-7-14-12(11-13)5-8-15(17)20-14/h5-8,11H,3-4,9-10H2,1-2H3. The lowest BCUT2D eigenvalue weighted by molar-refractivity contribution is 0.410. The highest BCUT2D eigenvalue weighted by molar-refractivity contribution is 7.89. The zero-order chi connectivity index (χ0) is 15.5. The molecule has 0 aliphatic rings. The molecule has 1 heterocycles. The Hall–Kier alpha value is -1.66. The minimum atomic E-state index is -3.51. The van der Waals surface area contributed by atoms with Crippen molar-refractivity contribution in [2.75, 3.05) is 13.1 Å². The summed E-state index contributed by atoms with van der Waals surface area (Å²) in [6.07, 6.45) is 1.53. The topological polar surface area (TPSA) is 67.6 Å². The van der Waals surface area contributed by atoms with Gasteiger partial charge in [0.05, 0.1) is 4.90 Å². The number of benzene rings is 1. The molecule has 0 fully saturated rings. The second kappa shape index (κ2) is 6.41. The number of nitrogens with zero attached hydrogens (tertiary/aromatic N) is 1. The van der Waals surface area contributed by atoms with E-state index in [0.717, 1.165) is 12.8 Å². The zero-order valence-corrected chi connectivity index (χ0v) is 13.0. The van der Waals surface area contributed by atoms with Gasteiger partial charge in [0.2, 0.25) is 10.0 Å². The fourth-order valence-corrected chi connectivity index (χ4v) is 3.87. The van der Waals surface area contributed by atoms with Gasteiger partial charge < -0.3 is 4.42 Å². The maximum absolute atomic E-state index is 12.7. The largest absolute Gasteiger partial charge is 0.423 e. The predicted octanol–water partition coefficient (Wildman–Crippen LogP) is 2.60. The molecule has 114 valence electrons. The third kappa shape index (κ3) is 3.33. The number of hydrogen-bond acceptors (Lipinski definition) is 4. The molecule has 2 rings (SSSR count). The lowest BCUT2D eigenvalue weighted by Gasteiger charge is -2.21. The van der Waals surface area contributed by atoms with Crippen molar-refractivity contribution in [1.29, 1.82) is 0 Å². The van der Waals surface area contributed by atoms with Crippen molar-refractivity contribution in [3.8, 4) is 0 Å². The quantitative estimate of drug-likeness (QED) is 0.769. The highest BCUT2D eigenvalue weighted by Gasteiger charge is 2.23. The van der Waals surface area contributed by atoms with Gasteiger partial charge in [-0.3, -0.25) is 0 Å². The minimum absolute atomic E-state index is 0.228. The Bertz CT molecular complexity index is 774. The van der Waals surface area contributed by atoms with E-state index in [4.69, 9.17) is 4.42 Å². The normalized spacial score (nSPS) is 12.1. The Labute approximate surface area is 124 Å². The van der Waals surface area contributed by atoms with E-state index in [-0.39, 0.29) is 4.90 Å². The van der Waals surface area contributed by atoms with Gasteiger partial charge >= 0.3 is 5.63 Å². The average Bonchev–Trinajstić information content (AvgIpc) is 2.46. The zero-order valence-electron chi connectivity index (χ0n) is 12.2. The highest BCUT2D eigenvalue weighted by Crippen LogP contribution is 2.21. The summed E-state index contributed by atoms with van der Waals surface area (Å²) in [5.74, 6) is 0. The number of fused-ring (bicyclic) bond motifs is 1. The third-order valence-corrected chi connectivity index (χ3v) is 5.07. The lowest BCUT2D eigenvalue weighted by atomic mass is 10.2. The molecule has 0 atom stereocenters. The van der Waals surface area contributed by atoms with Gasteiger partial charge in [0.1, 0.15) is 5.58 Å². The van der Waals surface area contributed by atoms with Crippen molar-refractivity contribution >= 4 is 21.0 Å². The average molecular weight is 309 g/mol. The molecule has 1 aromatic carbocycles. The maximum atomic E-state index is 12.7. The van der Waals surface area contributed by atoms with E-state index < -0.39 is 15.6 Å². The summed E-state index contributed by atoms with van der Waals surface area (Å²) in [5, 5.41) is 0.601. The van der Waals surface area contributed by atoms with Crippen molar-refractivity contribution in [3.05, 3.63) is 40.8 Å². The van der Waals surface area contributed by atoms with E-state index in [1.54, 1.807) is 12.1 Å². The van der Waals surface area contributed by atoms with Gasteiger partial charge in [-0.05, 0) is 37.1 Å². The molecule has 0 saturated carbocycles. The molecule has 0 saturated heterocycles. The Kier molecular flexibility index (Phi) is 4.80. The molecule has 0 aliphatic heterocycles. The van der Waals surface area contributed by atoms with Crippen LogP contribution < -0.4 is 5.63 Å². The molecule has 0 radical (unpaired) electrons. The van der Waals surface area contributed by atoms with Crippen LogP contribution in [-0.2, 0) is 10.0 Å². The van der Waals surface area contributed by atoms with Crippen LogP contribution in [0.2, 0.25) is 0 Å². The van der Waals surface area contributed by atoms with Crippen LogP contribution in [0.25, 0.3) is 11.0 Å². The molecule has 0 N–H and O–H groups in total. The van der Waals surface area contributed by atoms with E-state index >= 15 is 0 Å². The Morgan fingerprint density at radius 3 is 2.33 bits per heavy atom. The number of sulfonamides is 1. The predicted molar refractivity (Wildman–Crippen MR) is 81.8 cm³/mol. The molecule has 0 unspecified atom stereocenters. The highest BCUT2D eigenvalue weighted by atomic mass is 32.2. The summed E-state index contributed by atoms with van der Waals surface area (Å²) in [5.41, 5.74) is -0.0596. The van der Waals surface area contributed by atoms with E-state index in [1.165, 1.54) is 22.5 Å². The second-order valence-electron chi connectivity index (χ2n) is 4.86. The summed E-state index contributed by atoms with van der Waals surface area (Å²) in [7, 11) is -3.51. The Balaban J connectivity index is 2.48. The fraction of sp³-hybridized carbons (Fsp3) is 0.400. The number of rotatable bonds is 6. The van der Waals surface area contributed by atoms with E-state index in [0.29, 0.717) is 24.1 Å². The monoisotopic (exact) mass is 309 g/mol. The Morgan fingerprint density at radius 1 is 1.05 bits per heavy atom. The van der Waals surface area contributed by atoms with Crippen LogP contribution in [0.15, 0.2) is 44.4 Å². The molecule has 2 aromatic rings. The third-order valence-electron chi connectivity index (χ3n) is 3.17. The summed E-state index contributed by atoms with van der Waals surface area (Å²) in [4.78, 5) is 11.4. The fourth-order valence-electron chi connectivity index (χ4n) is 2.21. The van der Waals surface area contributed by atoms with Gasteiger partial charge in [0.15, 0.2) is 0 Å². The van der Waals surface area contributed by atoms with Crippen molar-refractivity contribution < 1.29 is 12.8 Å². The van der Waals surface area contributed by atoms with Crippen LogP contribution >= 0.6 is 0 Å². The van der Waals surface area contributed by atoms with Crippen molar-refractivity contribution in [1.82, 2.24) is 4.31 Å². The molecule has 21 heavy (non-hydrogen) atoms. The van der Waals surface area contributed by atoms with Gasteiger partial charge in [-0.2, -0.15) is 4.31 Å². The summed E-state index contributed by atoms with van der Waals surface area (Å²) >= 11 is 0. The maximum Gasteiger partial charge on any atom is 0.336 e. The van der Waals surface area contributed by atoms with Crippen LogP contribution in [0.5, 0.6) is 0 Å². The molecule has 0 amide bonds. The van der Waals surface area contributed by atoms with Crippen molar-refractivity contribution in [3.63, 3.8) is 0 Å². The smallest absolute Gasteiger partial charge is 0.336 e. The molecule has 0 aliphatic carbocycles. The molecule has 6 heteroatoms. The SMILES string of the molecule is CCCN(CCC)S(=O)(=O)c1ccc2oc(=O)ccc2c1.